The molecule has 0 bridgehead atoms. The second-order valence-electron chi connectivity index (χ2n) is 5.31. The Balaban J connectivity index is 1.76. The first-order valence-electron chi connectivity index (χ1n) is 7.65. The Morgan fingerprint density at radius 2 is 2.00 bits per heavy atom. The van der Waals surface area contributed by atoms with E-state index in [9.17, 15) is 4.79 Å². The van der Waals surface area contributed by atoms with E-state index < -0.39 is 0 Å². The monoisotopic (exact) mass is 305 g/mol. The molecule has 0 aliphatic rings. The second kappa shape index (κ2) is 7.98. The lowest BCUT2D eigenvalue weighted by Crippen LogP contribution is -2.10. The van der Waals surface area contributed by atoms with Crippen LogP contribution in [0.25, 0.3) is 10.2 Å². The first-order chi connectivity index (χ1) is 10.2. The number of fused-ring (bicyclic) bond motifs is 1. The average Bonchev–Trinajstić information content (AvgIpc) is 2.83. The molecule has 1 amide bonds. The van der Waals surface area contributed by atoms with Crippen LogP contribution in [0, 0.1) is 0 Å². The molecule has 1 aromatic carbocycles. The lowest BCUT2D eigenvalue weighted by Gasteiger charge is -2.01. The number of thiazole rings is 1. The summed E-state index contributed by atoms with van der Waals surface area (Å²) in [5.74, 6) is 0.0533. The zero-order chi connectivity index (χ0) is 15.1. The summed E-state index contributed by atoms with van der Waals surface area (Å²) in [5, 5.41) is 3.54. The van der Waals surface area contributed by atoms with Crippen LogP contribution in [0.5, 0.6) is 0 Å². The first-order valence-corrected chi connectivity index (χ1v) is 8.46. The zero-order valence-electron chi connectivity index (χ0n) is 12.5. The van der Waals surface area contributed by atoms with Gasteiger partial charge in [-0.05, 0) is 24.6 Å². The van der Waals surface area contributed by atoms with Gasteiger partial charge in [0, 0.05) is 12.1 Å². The van der Waals surface area contributed by atoms with Gasteiger partial charge in [0.25, 0.3) is 0 Å². The van der Waals surface area contributed by atoms with Crippen molar-refractivity contribution < 1.29 is 4.79 Å². The number of anilines is 2. The summed E-state index contributed by atoms with van der Waals surface area (Å²) in [6, 6.07) is 5.59. The van der Waals surface area contributed by atoms with Gasteiger partial charge in [-0.2, -0.15) is 0 Å². The predicted molar refractivity (Wildman–Crippen MR) is 90.7 cm³/mol. The standard InChI is InChI=1S/C16H23N3OS/c1-2-3-4-5-6-7-8-15(20)19-16-18-13-10-9-12(17)11-14(13)21-16/h9-11H,2-8,17H2,1H3,(H,18,19,20). The van der Waals surface area contributed by atoms with E-state index in [0.717, 1.165) is 28.7 Å². The Bertz CT molecular complexity index is 594. The lowest BCUT2D eigenvalue weighted by atomic mass is 10.1. The van der Waals surface area contributed by atoms with E-state index in [4.69, 9.17) is 5.73 Å². The number of aromatic nitrogens is 1. The zero-order valence-corrected chi connectivity index (χ0v) is 13.3. The van der Waals surface area contributed by atoms with Crippen LogP contribution in [-0.2, 0) is 4.79 Å². The number of rotatable bonds is 8. The van der Waals surface area contributed by atoms with Crippen molar-refractivity contribution in [1.82, 2.24) is 4.98 Å². The number of nitrogen functional groups attached to an aromatic ring is 1. The summed E-state index contributed by atoms with van der Waals surface area (Å²) in [6.45, 7) is 2.21. The van der Waals surface area contributed by atoms with Gasteiger partial charge in [0.1, 0.15) is 0 Å². The molecule has 2 rings (SSSR count). The minimum absolute atomic E-state index is 0.0533. The van der Waals surface area contributed by atoms with E-state index in [2.05, 4.69) is 17.2 Å². The molecule has 0 saturated carbocycles. The molecular weight excluding hydrogens is 282 g/mol. The smallest absolute Gasteiger partial charge is 0.226 e. The SMILES string of the molecule is CCCCCCCCC(=O)Nc1nc2ccc(N)cc2s1. The van der Waals surface area contributed by atoms with Gasteiger partial charge in [-0.15, -0.1) is 0 Å². The summed E-state index contributed by atoms with van der Waals surface area (Å²) in [6.07, 6.45) is 7.70. The number of hydrogen-bond donors (Lipinski definition) is 2. The number of hydrogen-bond acceptors (Lipinski definition) is 4. The predicted octanol–water partition coefficient (Wildman–Crippen LogP) is 4.57. The molecule has 0 aliphatic carbocycles. The highest BCUT2D eigenvalue weighted by atomic mass is 32.1. The molecule has 21 heavy (non-hydrogen) atoms. The molecule has 0 unspecified atom stereocenters. The first kappa shape index (κ1) is 15.8. The fraction of sp³-hybridized carbons (Fsp3) is 0.500. The average molecular weight is 305 g/mol. The molecule has 1 heterocycles. The van der Waals surface area contributed by atoms with Crippen molar-refractivity contribution in [2.24, 2.45) is 0 Å². The molecule has 0 atom stereocenters. The van der Waals surface area contributed by atoms with E-state index in [1.165, 1.54) is 37.0 Å². The van der Waals surface area contributed by atoms with Crippen molar-refractivity contribution in [3.63, 3.8) is 0 Å². The Hall–Kier alpha value is -1.62. The molecule has 1 aromatic heterocycles. The van der Waals surface area contributed by atoms with Crippen LogP contribution in [0.3, 0.4) is 0 Å². The molecule has 0 spiro atoms. The van der Waals surface area contributed by atoms with E-state index in [1.54, 1.807) is 0 Å². The molecule has 0 fully saturated rings. The number of amides is 1. The highest BCUT2D eigenvalue weighted by Crippen LogP contribution is 2.27. The number of unbranched alkanes of at least 4 members (excludes halogenated alkanes) is 5. The highest BCUT2D eigenvalue weighted by Gasteiger charge is 2.07. The highest BCUT2D eigenvalue weighted by molar-refractivity contribution is 7.22. The molecule has 5 heteroatoms. The van der Waals surface area contributed by atoms with Crippen molar-refractivity contribution >= 4 is 38.3 Å². The van der Waals surface area contributed by atoms with Crippen molar-refractivity contribution in [1.29, 1.82) is 0 Å². The van der Waals surface area contributed by atoms with Gasteiger partial charge in [-0.25, -0.2) is 4.98 Å². The maximum atomic E-state index is 11.9. The maximum Gasteiger partial charge on any atom is 0.226 e. The van der Waals surface area contributed by atoms with Crippen molar-refractivity contribution in [3.8, 4) is 0 Å². The summed E-state index contributed by atoms with van der Waals surface area (Å²) in [7, 11) is 0. The van der Waals surface area contributed by atoms with Gasteiger partial charge in [0.15, 0.2) is 5.13 Å². The molecule has 3 N–H and O–H groups in total. The minimum atomic E-state index is 0.0533. The summed E-state index contributed by atoms with van der Waals surface area (Å²) >= 11 is 1.47. The molecule has 0 saturated heterocycles. The quantitative estimate of drug-likeness (QED) is 0.554. The minimum Gasteiger partial charge on any atom is -0.399 e. The van der Waals surface area contributed by atoms with E-state index in [0.29, 0.717) is 11.6 Å². The summed E-state index contributed by atoms with van der Waals surface area (Å²) in [5.41, 5.74) is 7.34. The van der Waals surface area contributed by atoms with Crippen LogP contribution >= 0.6 is 11.3 Å². The van der Waals surface area contributed by atoms with Gasteiger partial charge in [0.2, 0.25) is 5.91 Å². The molecule has 0 radical (unpaired) electrons. The lowest BCUT2D eigenvalue weighted by molar-refractivity contribution is -0.116. The second-order valence-corrected chi connectivity index (χ2v) is 6.34. The largest absolute Gasteiger partial charge is 0.399 e. The van der Waals surface area contributed by atoms with Gasteiger partial charge in [-0.1, -0.05) is 50.4 Å². The van der Waals surface area contributed by atoms with Crippen LogP contribution in [0.4, 0.5) is 10.8 Å². The fourth-order valence-electron chi connectivity index (χ4n) is 2.24. The third kappa shape index (κ3) is 5.01. The fourth-order valence-corrected chi connectivity index (χ4v) is 3.17. The number of carbonyl (C=O) groups is 1. The van der Waals surface area contributed by atoms with Crippen molar-refractivity contribution in [2.75, 3.05) is 11.1 Å². The number of benzene rings is 1. The Kier molecular flexibility index (Phi) is 5.99. The molecule has 0 aliphatic heterocycles. The van der Waals surface area contributed by atoms with Crippen molar-refractivity contribution in [2.45, 2.75) is 51.9 Å². The van der Waals surface area contributed by atoms with Crippen molar-refractivity contribution in [3.05, 3.63) is 18.2 Å². The topological polar surface area (TPSA) is 68.0 Å². The Labute approximate surface area is 129 Å². The molecule has 114 valence electrons. The maximum absolute atomic E-state index is 11.9. The van der Waals surface area contributed by atoms with Gasteiger partial charge < -0.3 is 11.1 Å². The molecule has 2 aromatic rings. The normalized spacial score (nSPS) is 10.9. The Morgan fingerprint density at radius 3 is 2.81 bits per heavy atom. The van der Waals surface area contributed by atoms with Gasteiger partial charge >= 0.3 is 0 Å². The molecule has 4 nitrogen and oxygen atoms in total. The van der Waals surface area contributed by atoms with Crippen LogP contribution in [0.2, 0.25) is 0 Å². The van der Waals surface area contributed by atoms with E-state index in [-0.39, 0.29) is 5.91 Å². The number of carbonyl (C=O) groups excluding carboxylic acids is 1. The van der Waals surface area contributed by atoms with Crippen LogP contribution in [-0.4, -0.2) is 10.9 Å². The number of nitrogens with two attached hydrogens (primary N) is 1. The van der Waals surface area contributed by atoms with E-state index in [1.807, 2.05) is 18.2 Å². The van der Waals surface area contributed by atoms with Crippen LogP contribution in [0.15, 0.2) is 18.2 Å². The number of nitrogens with zero attached hydrogens (tertiary/aromatic N) is 1. The number of nitrogens with one attached hydrogen (secondary N) is 1. The summed E-state index contributed by atoms with van der Waals surface area (Å²) in [4.78, 5) is 16.3. The third-order valence-corrected chi connectivity index (χ3v) is 4.35. The van der Waals surface area contributed by atoms with E-state index >= 15 is 0 Å². The third-order valence-electron chi connectivity index (χ3n) is 3.42. The van der Waals surface area contributed by atoms with Gasteiger partial charge in [0.05, 0.1) is 10.2 Å². The molecular formula is C16H23N3OS. The van der Waals surface area contributed by atoms with Crippen LogP contribution < -0.4 is 11.1 Å². The van der Waals surface area contributed by atoms with Crippen LogP contribution in [0.1, 0.15) is 51.9 Å². The van der Waals surface area contributed by atoms with Gasteiger partial charge in [-0.3, -0.25) is 4.79 Å². The summed E-state index contributed by atoms with van der Waals surface area (Å²) < 4.78 is 1.00. The Morgan fingerprint density at radius 1 is 1.24 bits per heavy atom.